The number of rotatable bonds is 5. The first-order valence-electron chi connectivity index (χ1n) is 9.00. The van der Waals surface area contributed by atoms with E-state index in [1.54, 1.807) is 13.3 Å². The van der Waals surface area contributed by atoms with Crippen LogP contribution >= 0.6 is 0 Å². The Morgan fingerprint density at radius 3 is 2.88 bits per heavy atom. The highest BCUT2D eigenvalue weighted by Gasteiger charge is 2.27. The van der Waals surface area contributed by atoms with E-state index in [1.165, 1.54) is 0 Å². The highest BCUT2D eigenvalue weighted by molar-refractivity contribution is 5.74. The number of nitrogens with zero attached hydrogens (tertiary/aromatic N) is 4. The molecule has 0 bridgehead atoms. The molecule has 1 unspecified atom stereocenters. The van der Waals surface area contributed by atoms with Crippen LogP contribution in [-0.4, -0.2) is 51.7 Å². The number of nitrogens with one attached hydrogen (secondary N) is 1. The van der Waals surface area contributed by atoms with Crippen molar-refractivity contribution >= 4 is 17.2 Å². The van der Waals surface area contributed by atoms with Crippen LogP contribution in [0.1, 0.15) is 45.0 Å². The third-order valence-corrected chi connectivity index (χ3v) is 4.89. The van der Waals surface area contributed by atoms with E-state index >= 15 is 0 Å². The number of amides is 2. The fourth-order valence-corrected chi connectivity index (χ4v) is 3.32. The quantitative estimate of drug-likeness (QED) is 0.904. The average Bonchev–Trinajstić information content (AvgIpc) is 3.00. The van der Waals surface area contributed by atoms with E-state index in [0.29, 0.717) is 6.61 Å². The molecule has 1 fully saturated rings. The Kier molecular flexibility index (Phi) is 5.53. The maximum absolute atomic E-state index is 12.3. The summed E-state index contributed by atoms with van der Waals surface area (Å²) in [5.41, 5.74) is 1.79. The topological polar surface area (TPSA) is 72.3 Å². The Hall–Kier alpha value is -2.15. The predicted molar refractivity (Wildman–Crippen MR) is 96.4 cm³/mol. The van der Waals surface area contributed by atoms with E-state index in [-0.39, 0.29) is 18.1 Å². The van der Waals surface area contributed by atoms with Gasteiger partial charge in [0.2, 0.25) is 0 Å². The van der Waals surface area contributed by atoms with Crippen molar-refractivity contribution < 1.29 is 9.53 Å². The number of aromatic nitrogens is 3. The normalized spacial score (nSPS) is 17.0. The van der Waals surface area contributed by atoms with Gasteiger partial charge in [0.15, 0.2) is 5.65 Å². The number of urea groups is 1. The molecule has 0 aromatic carbocycles. The Labute approximate surface area is 148 Å². The van der Waals surface area contributed by atoms with Crippen molar-refractivity contribution in [1.29, 1.82) is 0 Å². The lowest BCUT2D eigenvalue weighted by Crippen LogP contribution is -2.47. The SMILES string of the molecule is CCC(C)NC(=O)N1CCC(n2c(COC)nc3cccnc32)CC1. The molecule has 7 nitrogen and oxygen atoms in total. The number of methoxy groups -OCH3 is 1. The number of carbonyl (C=O) groups is 1. The van der Waals surface area contributed by atoms with Gasteiger partial charge in [-0.15, -0.1) is 0 Å². The lowest BCUT2D eigenvalue weighted by Gasteiger charge is -2.34. The minimum Gasteiger partial charge on any atom is -0.377 e. The van der Waals surface area contributed by atoms with Gasteiger partial charge in [0.25, 0.3) is 0 Å². The van der Waals surface area contributed by atoms with Crippen LogP contribution in [-0.2, 0) is 11.3 Å². The Morgan fingerprint density at radius 1 is 1.44 bits per heavy atom. The molecule has 2 aromatic rings. The number of hydrogen-bond donors (Lipinski definition) is 1. The predicted octanol–water partition coefficient (Wildman–Crippen LogP) is 2.72. The van der Waals surface area contributed by atoms with Crippen LogP contribution in [0.4, 0.5) is 4.79 Å². The standard InChI is InChI=1S/C18H27N5O2/c1-4-13(2)20-18(24)22-10-7-14(8-11-22)23-16(12-25-3)21-15-6-5-9-19-17(15)23/h5-6,9,13-14H,4,7-8,10-12H2,1-3H3,(H,20,24). The second-order valence-electron chi connectivity index (χ2n) is 6.65. The monoisotopic (exact) mass is 345 g/mol. The third-order valence-electron chi connectivity index (χ3n) is 4.89. The molecular formula is C18H27N5O2. The number of piperidine rings is 1. The molecule has 3 rings (SSSR count). The number of carbonyl (C=O) groups excluding carboxylic acids is 1. The minimum absolute atomic E-state index is 0.0403. The summed E-state index contributed by atoms with van der Waals surface area (Å²) >= 11 is 0. The number of hydrogen-bond acceptors (Lipinski definition) is 4. The largest absolute Gasteiger partial charge is 0.377 e. The van der Waals surface area contributed by atoms with Crippen molar-refractivity contribution in [2.45, 2.75) is 51.8 Å². The van der Waals surface area contributed by atoms with Gasteiger partial charge in [0.05, 0.1) is 0 Å². The molecule has 1 aliphatic rings. The molecule has 0 saturated carbocycles. The second-order valence-corrected chi connectivity index (χ2v) is 6.65. The van der Waals surface area contributed by atoms with Crippen LogP contribution in [0.5, 0.6) is 0 Å². The van der Waals surface area contributed by atoms with Gasteiger partial charge in [-0.3, -0.25) is 0 Å². The van der Waals surface area contributed by atoms with Crippen LogP contribution in [0.2, 0.25) is 0 Å². The van der Waals surface area contributed by atoms with Crippen LogP contribution in [0.3, 0.4) is 0 Å². The number of ether oxygens (including phenoxy) is 1. The van der Waals surface area contributed by atoms with Crippen molar-refractivity contribution in [3.05, 3.63) is 24.2 Å². The number of pyridine rings is 1. The van der Waals surface area contributed by atoms with E-state index in [0.717, 1.165) is 49.3 Å². The lowest BCUT2D eigenvalue weighted by atomic mass is 10.0. The minimum atomic E-state index is 0.0403. The third kappa shape index (κ3) is 3.76. The van der Waals surface area contributed by atoms with Gasteiger partial charge in [0.1, 0.15) is 17.9 Å². The molecule has 2 amide bonds. The number of fused-ring (bicyclic) bond motifs is 1. The number of likely N-dealkylation sites (tertiary alicyclic amines) is 1. The van der Waals surface area contributed by atoms with Gasteiger partial charge in [-0.05, 0) is 38.3 Å². The summed E-state index contributed by atoms with van der Waals surface area (Å²) in [5, 5.41) is 3.05. The van der Waals surface area contributed by atoms with Gasteiger partial charge in [0, 0.05) is 38.5 Å². The van der Waals surface area contributed by atoms with E-state index in [1.807, 2.05) is 24.0 Å². The summed E-state index contributed by atoms with van der Waals surface area (Å²) in [4.78, 5) is 23.4. The van der Waals surface area contributed by atoms with Crippen molar-refractivity contribution in [3.8, 4) is 0 Å². The molecule has 0 radical (unpaired) electrons. The summed E-state index contributed by atoms with van der Waals surface area (Å²) in [7, 11) is 1.68. The first-order valence-corrected chi connectivity index (χ1v) is 9.00. The van der Waals surface area contributed by atoms with E-state index in [9.17, 15) is 4.79 Å². The molecule has 0 spiro atoms. The number of imidazole rings is 1. The van der Waals surface area contributed by atoms with Gasteiger partial charge in [-0.1, -0.05) is 6.92 Å². The summed E-state index contributed by atoms with van der Waals surface area (Å²) in [6.07, 6.45) is 4.53. The molecule has 1 aliphatic heterocycles. The Morgan fingerprint density at radius 2 is 2.20 bits per heavy atom. The molecule has 2 aromatic heterocycles. The average molecular weight is 345 g/mol. The zero-order chi connectivity index (χ0) is 17.8. The molecule has 1 atom stereocenters. The summed E-state index contributed by atoms with van der Waals surface area (Å²) in [6.45, 7) is 6.05. The van der Waals surface area contributed by atoms with Gasteiger partial charge in [-0.2, -0.15) is 0 Å². The van der Waals surface area contributed by atoms with Crippen LogP contribution in [0, 0.1) is 0 Å². The first kappa shape index (κ1) is 17.7. The van der Waals surface area contributed by atoms with Crippen molar-refractivity contribution in [1.82, 2.24) is 24.8 Å². The summed E-state index contributed by atoms with van der Waals surface area (Å²) in [5.74, 6) is 0.902. The molecule has 136 valence electrons. The maximum atomic E-state index is 12.3. The first-order chi connectivity index (χ1) is 12.1. The highest BCUT2D eigenvalue weighted by Crippen LogP contribution is 2.28. The van der Waals surface area contributed by atoms with E-state index in [2.05, 4.69) is 26.8 Å². The Balaban J connectivity index is 1.73. The van der Waals surface area contributed by atoms with Crippen molar-refractivity contribution in [2.75, 3.05) is 20.2 Å². The van der Waals surface area contributed by atoms with Gasteiger partial charge < -0.3 is 19.5 Å². The fraction of sp³-hybridized carbons (Fsp3) is 0.611. The zero-order valence-corrected chi connectivity index (χ0v) is 15.2. The fourth-order valence-electron chi connectivity index (χ4n) is 3.32. The molecule has 0 aliphatic carbocycles. The maximum Gasteiger partial charge on any atom is 0.317 e. The second kappa shape index (κ2) is 7.82. The smallest absolute Gasteiger partial charge is 0.317 e. The molecule has 25 heavy (non-hydrogen) atoms. The molecule has 1 N–H and O–H groups in total. The molecule has 7 heteroatoms. The van der Waals surface area contributed by atoms with Crippen LogP contribution < -0.4 is 5.32 Å². The zero-order valence-electron chi connectivity index (χ0n) is 15.2. The van der Waals surface area contributed by atoms with Gasteiger partial charge >= 0.3 is 6.03 Å². The Bertz CT molecular complexity index is 721. The van der Waals surface area contributed by atoms with Crippen molar-refractivity contribution in [2.24, 2.45) is 0 Å². The van der Waals surface area contributed by atoms with Crippen molar-refractivity contribution in [3.63, 3.8) is 0 Å². The van der Waals surface area contributed by atoms with Crippen LogP contribution in [0.15, 0.2) is 18.3 Å². The van der Waals surface area contributed by atoms with E-state index < -0.39 is 0 Å². The van der Waals surface area contributed by atoms with Crippen LogP contribution in [0.25, 0.3) is 11.2 Å². The molecular weight excluding hydrogens is 318 g/mol. The molecule has 1 saturated heterocycles. The summed E-state index contributed by atoms with van der Waals surface area (Å²) < 4.78 is 7.52. The lowest BCUT2D eigenvalue weighted by molar-refractivity contribution is 0.156. The highest BCUT2D eigenvalue weighted by atomic mass is 16.5. The van der Waals surface area contributed by atoms with E-state index in [4.69, 9.17) is 4.74 Å². The molecule has 3 heterocycles. The summed E-state index contributed by atoms with van der Waals surface area (Å²) in [6, 6.07) is 4.42. The van der Waals surface area contributed by atoms with Gasteiger partial charge in [-0.25, -0.2) is 14.8 Å².